The number of anilines is 1. The van der Waals surface area contributed by atoms with Gasteiger partial charge in [-0.05, 0) is 29.8 Å². The molecule has 0 saturated carbocycles. The van der Waals surface area contributed by atoms with Gasteiger partial charge in [0.2, 0.25) is 0 Å². The van der Waals surface area contributed by atoms with Crippen LogP contribution in [0, 0.1) is 0 Å². The van der Waals surface area contributed by atoms with E-state index in [-0.39, 0.29) is 0 Å². The number of rotatable bonds is 3. The van der Waals surface area contributed by atoms with E-state index in [4.69, 9.17) is 10.5 Å². The highest BCUT2D eigenvalue weighted by molar-refractivity contribution is 5.87. The van der Waals surface area contributed by atoms with Gasteiger partial charge in [0.05, 0.1) is 18.4 Å². The van der Waals surface area contributed by atoms with E-state index in [1.807, 2.05) is 36.4 Å². The molecule has 2 heterocycles. The molecule has 1 aromatic carbocycles. The molecule has 0 bridgehead atoms. The first kappa shape index (κ1) is 12.2. The summed E-state index contributed by atoms with van der Waals surface area (Å²) in [5.41, 5.74) is 9.60. The number of pyridine rings is 1. The number of H-pyrrole nitrogens is 1. The summed E-state index contributed by atoms with van der Waals surface area (Å²) in [4.78, 5) is 4.13. The van der Waals surface area contributed by atoms with Crippen molar-refractivity contribution in [2.24, 2.45) is 0 Å². The van der Waals surface area contributed by atoms with Crippen molar-refractivity contribution in [3.8, 4) is 28.1 Å². The molecule has 5 nitrogen and oxygen atoms in total. The number of hydrogen-bond donors (Lipinski definition) is 2. The summed E-state index contributed by atoms with van der Waals surface area (Å²) >= 11 is 0. The lowest BCUT2D eigenvalue weighted by Crippen LogP contribution is -1.90. The largest absolute Gasteiger partial charge is 0.497 e. The van der Waals surface area contributed by atoms with Gasteiger partial charge in [-0.3, -0.25) is 10.1 Å². The molecule has 0 aliphatic rings. The number of ether oxygens (including phenoxy) is 1. The summed E-state index contributed by atoms with van der Waals surface area (Å²) in [5, 5.41) is 7.08. The number of nitrogen functional groups attached to an aromatic ring is 1. The minimum absolute atomic E-state index is 0.456. The van der Waals surface area contributed by atoms with Crippen LogP contribution in [0.15, 0.2) is 48.8 Å². The van der Waals surface area contributed by atoms with Crippen LogP contribution in [0.1, 0.15) is 0 Å². The topological polar surface area (TPSA) is 76.8 Å². The lowest BCUT2D eigenvalue weighted by molar-refractivity contribution is 0.415. The second-order valence-corrected chi connectivity index (χ2v) is 4.33. The van der Waals surface area contributed by atoms with Gasteiger partial charge in [0.1, 0.15) is 5.75 Å². The maximum absolute atomic E-state index is 6.00. The van der Waals surface area contributed by atoms with Crippen LogP contribution in [0.25, 0.3) is 22.4 Å². The Balaban J connectivity index is 2.16. The molecule has 0 atom stereocenters. The van der Waals surface area contributed by atoms with Crippen molar-refractivity contribution in [1.82, 2.24) is 15.2 Å². The fourth-order valence-corrected chi connectivity index (χ4v) is 2.15. The van der Waals surface area contributed by atoms with E-state index >= 15 is 0 Å². The van der Waals surface area contributed by atoms with Crippen LogP contribution in [0.3, 0.4) is 0 Å². The Morgan fingerprint density at radius 3 is 2.75 bits per heavy atom. The first-order valence-electron chi connectivity index (χ1n) is 6.18. The predicted octanol–water partition coefficient (Wildman–Crippen LogP) is 2.73. The summed E-state index contributed by atoms with van der Waals surface area (Å²) in [7, 11) is 1.64. The van der Waals surface area contributed by atoms with Gasteiger partial charge >= 0.3 is 0 Å². The van der Waals surface area contributed by atoms with Crippen molar-refractivity contribution in [2.45, 2.75) is 0 Å². The first-order valence-corrected chi connectivity index (χ1v) is 6.18. The van der Waals surface area contributed by atoms with Crippen LogP contribution in [0.2, 0.25) is 0 Å². The van der Waals surface area contributed by atoms with Crippen LogP contribution in [0.4, 0.5) is 5.82 Å². The van der Waals surface area contributed by atoms with Gasteiger partial charge in [-0.25, -0.2) is 0 Å². The SMILES string of the molecule is COc1cccc(-c2c(N)n[nH]c2-c2cccnc2)c1. The molecular weight excluding hydrogens is 252 g/mol. The molecule has 0 radical (unpaired) electrons. The standard InChI is InChI=1S/C15H14N4O/c1-20-12-6-2-4-10(8-12)13-14(18-19-15(13)16)11-5-3-7-17-9-11/h2-9H,1H3,(H3,16,18,19). The van der Waals surface area contributed by atoms with E-state index < -0.39 is 0 Å². The molecule has 0 fully saturated rings. The maximum atomic E-state index is 6.00. The zero-order valence-corrected chi connectivity index (χ0v) is 11.0. The molecule has 100 valence electrons. The monoisotopic (exact) mass is 266 g/mol. The molecule has 20 heavy (non-hydrogen) atoms. The van der Waals surface area contributed by atoms with Crippen LogP contribution in [-0.2, 0) is 0 Å². The number of aromatic nitrogens is 3. The highest BCUT2D eigenvalue weighted by Gasteiger charge is 2.15. The summed E-state index contributed by atoms with van der Waals surface area (Å²) in [6.07, 6.45) is 3.51. The maximum Gasteiger partial charge on any atom is 0.153 e. The summed E-state index contributed by atoms with van der Waals surface area (Å²) in [5.74, 6) is 1.23. The normalized spacial score (nSPS) is 10.4. The molecule has 3 rings (SSSR count). The fraction of sp³-hybridized carbons (Fsp3) is 0.0667. The summed E-state index contributed by atoms with van der Waals surface area (Å²) < 4.78 is 5.25. The van der Waals surface area contributed by atoms with E-state index in [0.717, 1.165) is 28.1 Å². The number of methoxy groups -OCH3 is 1. The molecule has 0 aliphatic carbocycles. The van der Waals surface area contributed by atoms with Gasteiger partial charge in [-0.1, -0.05) is 12.1 Å². The van der Waals surface area contributed by atoms with Crippen molar-refractivity contribution in [1.29, 1.82) is 0 Å². The van der Waals surface area contributed by atoms with E-state index in [1.165, 1.54) is 0 Å². The predicted molar refractivity (Wildman–Crippen MR) is 78.2 cm³/mol. The highest BCUT2D eigenvalue weighted by Crippen LogP contribution is 2.35. The average molecular weight is 266 g/mol. The highest BCUT2D eigenvalue weighted by atomic mass is 16.5. The van der Waals surface area contributed by atoms with Gasteiger partial charge < -0.3 is 10.5 Å². The minimum atomic E-state index is 0.456. The second-order valence-electron chi connectivity index (χ2n) is 4.33. The Labute approximate surface area is 116 Å². The third-order valence-corrected chi connectivity index (χ3v) is 3.10. The van der Waals surface area contributed by atoms with Crippen molar-refractivity contribution in [3.05, 3.63) is 48.8 Å². The van der Waals surface area contributed by atoms with Crippen molar-refractivity contribution in [3.63, 3.8) is 0 Å². The third-order valence-electron chi connectivity index (χ3n) is 3.10. The number of aromatic amines is 1. The van der Waals surface area contributed by atoms with Crippen LogP contribution < -0.4 is 10.5 Å². The quantitative estimate of drug-likeness (QED) is 0.764. The lowest BCUT2D eigenvalue weighted by Gasteiger charge is -2.06. The number of nitrogens with one attached hydrogen (secondary N) is 1. The van der Waals surface area contributed by atoms with Crippen LogP contribution >= 0.6 is 0 Å². The Morgan fingerprint density at radius 1 is 1.15 bits per heavy atom. The zero-order chi connectivity index (χ0) is 13.9. The Kier molecular flexibility index (Phi) is 3.09. The van der Waals surface area contributed by atoms with E-state index in [2.05, 4.69) is 15.2 Å². The molecular formula is C15H14N4O. The van der Waals surface area contributed by atoms with Crippen LogP contribution in [0.5, 0.6) is 5.75 Å². The van der Waals surface area contributed by atoms with Gasteiger partial charge in [0, 0.05) is 18.0 Å². The minimum Gasteiger partial charge on any atom is -0.497 e. The molecule has 5 heteroatoms. The Hall–Kier alpha value is -2.82. The first-order chi connectivity index (χ1) is 9.79. The molecule has 0 spiro atoms. The zero-order valence-electron chi connectivity index (χ0n) is 11.0. The fourth-order valence-electron chi connectivity index (χ4n) is 2.15. The molecule has 3 aromatic rings. The van der Waals surface area contributed by atoms with Crippen LogP contribution in [-0.4, -0.2) is 22.3 Å². The van der Waals surface area contributed by atoms with Crippen molar-refractivity contribution < 1.29 is 4.74 Å². The molecule has 0 unspecified atom stereocenters. The van der Waals surface area contributed by atoms with Gasteiger partial charge in [-0.15, -0.1) is 0 Å². The average Bonchev–Trinajstić information content (AvgIpc) is 2.90. The number of nitrogens with zero attached hydrogens (tertiary/aromatic N) is 2. The molecule has 0 amide bonds. The Morgan fingerprint density at radius 2 is 2.00 bits per heavy atom. The summed E-state index contributed by atoms with van der Waals surface area (Å²) in [6, 6.07) is 11.6. The number of hydrogen-bond acceptors (Lipinski definition) is 4. The van der Waals surface area contributed by atoms with E-state index in [0.29, 0.717) is 5.82 Å². The van der Waals surface area contributed by atoms with Gasteiger partial charge in [0.15, 0.2) is 5.82 Å². The number of benzene rings is 1. The van der Waals surface area contributed by atoms with Gasteiger partial charge in [-0.2, -0.15) is 5.10 Å². The number of nitrogens with two attached hydrogens (primary N) is 1. The second kappa shape index (κ2) is 5.05. The lowest BCUT2D eigenvalue weighted by atomic mass is 10.0. The third kappa shape index (κ3) is 2.09. The van der Waals surface area contributed by atoms with Crippen molar-refractivity contribution >= 4 is 5.82 Å². The van der Waals surface area contributed by atoms with E-state index in [1.54, 1.807) is 19.5 Å². The molecule has 2 aromatic heterocycles. The van der Waals surface area contributed by atoms with Crippen molar-refractivity contribution in [2.75, 3.05) is 12.8 Å². The van der Waals surface area contributed by atoms with Gasteiger partial charge in [0.25, 0.3) is 0 Å². The van der Waals surface area contributed by atoms with E-state index in [9.17, 15) is 0 Å². The summed E-state index contributed by atoms with van der Waals surface area (Å²) in [6.45, 7) is 0. The smallest absolute Gasteiger partial charge is 0.153 e. The molecule has 0 saturated heterocycles. The Bertz CT molecular complexity index is 722. The molecule has 0 aliphatic heterocycles. The molecule has 3 N–H and O–H groups in total.